The predicted octanol–water partition coefficient (Wildman–Crippen LogP) is 3.49. The van der Waals surface area contributed by atoms with Gasteiger partial charge in [0.05, 0.1) is 16.8 Å². The van der Waals surface area contributed by atoms with Gasteiger partial charge in [-0.3, -0.25) is 19.8 Å². The van der Waals surface area contributed by atoms with Gasteiger partial charge in [0.25, 0.3) is 11.8 Å². The van der Waals surface area contributed by atoms with Crippen LogP contribution in [-0.2, 0) is 16.2 Å². The van der Waals surface area contributed by atoms with E-state index in [1.54, 1.807) is 36.4 Å². The van der Waals surface area contributed by atoms with Crippen LogP contribution in [0.5, 0.6) is 5.75 Å². The van der Waals surface area contributed by atoms with Crippen LogP contribution in [0.15, 0.2) is 78.4 Å². The van der Waals surface area contributed by atoms with Crippen LogP contribution in [0.1, 0.15) is 31.8 Å². The lowest BCUT2D eigenvalue weighted by atomic mass is 10.1. The van der Waals surface area contributed by atoms with Gasteiger partial charge in [-0.05, 0) is 71.9 Å². The number of nitrogens with one attached hydrogen (secondary N) is 1. The number of amides is 2. The first-order chi connectivity index (χ1) is 17.2. The maximum absolute atomic E-state index is 13.1. The summed E-state index contributed by atoms with van der Waals surface area (Å²) in [6.07, 6.45) is 1.40. The van der Waals surface area contributed by atoms with Gasteiger partial charge in [0, 0.05) is 0 Å². The molecule has 1 heterocycles. The standard InChI is InChI=1S/C26H18N2O7S/c29-22-21(23(30)28(26(36)27-22)19-6-2-5-18(13-19)25(33)34)12-15-7-9-20(10-8-15)35-14-16-3-1-4-17(11-16)24(31)32/h1-13H,14H2,(H,31,32)(H,33,34)(H,27,29,36). The summed E-state index contributed by atoms with van der Waals surface area (Å²) in [5, 5.41) is 20.6. The smallest absolute Gasteiger partial charge is 0.335 e. The molecule has 3 aromatic rings. The Balaban J connectivity index is 1.51. The minimum absolute atomic E-state index is 0.0317. The number of carbonyl (C=O) groups excluding carboxylic acids is 2. The van der Waals surface area contributed by atoms with Gasteiger partial charge in [0.1, 0.15) is 17.9 Å². The van der Waals surface area contributed by atoms with Crippen molar-refractivity contribution < 1.29 is 34.1 Å². The zero-order valence-corrected chi connectivity index (χ0v) is 19.3. The lowest BCUT2D eigenvalue weighted by Crippen LogP contribution is -2.54. The van der Waals surface area contributed by atoms with Gasteiger partial charge >= 0.3 is 11.9 Å². The molecule has 0 bridgehead atoms. The summed E-state index contributed by atoms with van der Waals surface area (Å²) in [5.41, 5.74) is 1.40. The number of carboxylic acid groups (broad SMARTS) is 2. The highest BCUT2D eigenvalue weighted by Gasteiger charge is 2.34. The van der Waals surface area contributed by atoms with E-state index in [0.29, 0.717) is 16.9 Å². The van der Waals surface area contributed by atoms with Gasteiger partial charge in [0.15, 0.2) is 5.11 Å². The van der Waals surface area contributed by atoms with Crippen molar-refractivity contribution in [3.8, 4) is 5.75 Å². The molecule has 0 saturated carbocycles. The molecule has 1 aliphatic heterocycles. The average molecular weight is 503 g/mol. The van der Waals surface area contributed by atoms with Crippen molar-refractivity contribution in [3.05, 3.63) is 101 Å². The number of aromatic carboxylic acids is 2. The second-order valence-corrected chi connectivity index (χ2v) is 8.06. The van der Waals surface area contributed by atoms with E-state index in [2.05, 4.69) is 5.32 Å². The number of anilines is 1. The van der Waals surface area contributed by atoms with Crippen molar-refractivity contribution in [2.45, 2.75) is 6.61 Å². The fraction of sp³-hybridized carbons (Fsp3) is 0.0385. The van der Waals surface area contributed by atoms with Crippen LogP contribution < -0.4 is 15.0 Å². The number of rotatable bonds is 7. The maximum atomic E-state index is 13.1. The summed E-state index contributed by atoms with van der Waals surface area (Å²) in [6, 6.07) is 18.7. The average Bonchev–Trinajstić information content (AvgIpc) is 2.86. The lowest BCUT2D eigenvalue weighted by molar-refractivity contribution is -0.122. The lowest BCUT2D eigenvalue weighted by Gasteiger charge is -2.29. The highest BCUT2D eigenvalue weighted by atomic mass is 32.1. The third-order valence-electron chi connectivity index (χ3n) is 5.22. The van der Waals surface area contributed by atoms with E-state index in [-0.39, 0.29) is 34.1 Å². The summed E-state index contributed by atoms with van der Waals surface area (Å²) in [5.74, 6) is -3.04. The normalized spacial score (nSPS) is 14.5. The number of benzene rings is 3. The molecule has 10 heteroatoms. The fourth-order valence-electron chi connectivity index (χ4n) is 3.46. The Hall–Kier alpha value is -4.83. The van der Waals surface area contributed by atoms with Gasteiger partial charge in [-0.25, -0.2) is 9.59 Å². The Labute approximate surface area is 210 Å². The fourth-order valence-corrected chi connectivity index (χ4v) is 3.74. The molecule has 9 nitrogen and oxygen atoms in total. The van der Waals surface area contributed by atoms with Crippen LogP contribution in [0.2, 0.25) is 0 Å². The van der Waals surface area contributed by atoms with Gasteiger partial charge < -0.3 is 14.9 Å². The Kier molecular flexibility index (Phi) is 6.88. The highest BCUT2D eigenvalue weighted by molar-refractivity contribution is 7.80. The number of carbonyl (C=O) groups is 4. The van der Waals surface area contributed by atoms with Gasteiger partial charge in [-0.15, -0.1) is 0 Å². The number of ether oxygens (including phenoxy) is 1. The van der Waals surface area contributed by atoms with Gasteiger partial charge in [-0.2, -0.15) is 0 Å². The Morgan fingerprint density at radius 1 is 0.917 bits per heavy atom. The van der Waals surface area contributed by atoms with E-state index >= 15 is 0 Å². The molecule has 2 amide bonds. The molecule has 0 unspecified atom stereocenters. The molecule has 3 N–H and O–H groups in total. The Morgan fingerprint density at radius 2 is 1.56 bits per heavy atom. The van der Waals surface area contributed by atoms with Crippen LogP contribution in [-0.4, -0.2) is 39.1 Å². The van der Waals surface area contributed by atoms with E-state index in [1.807, 2.05) is 0 Å². The molecule has 3 aromatic carbocycles. The predicted molar refractivity (Wildman–Crippen MR) is 134 cm³/mol. The molecular formula is C26H18N2O7S. The first-order valence-corrected chi connectivity index (χ1v) is 10.9. The van der Waals surface area contributed by atoms with Gasteiger partial charge in [0.2, 0.25) is 0 Å². The van der Waals surface area contributed by atoms with Crippen LogP contribution in [0.25, 0.3) is 6.08 Å². The third-order valence-corrected chi connectivity index (χ3v) is 5.51. The zero-order chi connectivity index (χ0) is 25.8. The Morgan fingerprint density at radius 3 is 2.22 bits per heavy atom. The van der Waals surface area contributed by atoms with Crippen molar-refractivity contribution >= 4 is 52.8 Å². The first-order valence-electron chi connectivity index (χ1n) is 10.5. The monoisotopic (exact) mass is 502 g/mol. The number of nitrogens with zero attached hydrogens (tertiary/aromatic N) is 1. The molecule has 1 fully saturated rings. The van der Waals surface area contributed by atoms with Crippen molar-refractivity contribution in [2.24, 2.45) is 0 Å². The maximum Gasteiger partial charge on any atom is 0.335 e. The number of hydrogen-bond donors (Lipinski definition) is 3. The largest absolute Gasteiger partial charge is 0.489 e. The summed E-state index contributed by atoms with van der Waals surface area (Å²) in [7, 11) is 0. The summed E-state index contributed by atoms with van der Waals surface area (Å²) in [4.78, 5) is 49.1. The van der Waals surface area contributed by atoms with Crippen LogP contribution in [0.3, 0.4) is 0 Å². The molecule has 4 rings (SSSR count). The van der Waals surface area contributed by atoms with Crippen LogP contribution in [0, 0.1) is 0 Å². The zero-order valence-electron chi connectivity index (χ0n) is 18.5. The van der Waals surface area contributed by atoms with E-state index in [9.17, 15) is 24.3 Å². The number of thiocarbonyl (C=S) groups is 1. The number of hydrogen-bond acceptors (Lipinski definition) is 6. The minimum Gasteiger partial charge on any atom is -0.489 e. The molecule has 1 aliphatic rings. The van der Waals surface area contributed by atoms with E-state index in [4.69, 9.17) is 22.1 Å². The highest BCUT2D eigenvalue weighted by Crippen LogP contribution is 2.24. The SMILES string of the molecule is O=C1NC(=S)N(c2cccc(C(=O)O)c2)C(=O)C1=Cc1ccc(OCc2cccc(C(=O)O)c2)cc1. The summed E-state index contributed by atoms with van der Waals surface area (Å²) in [6.45, 7) is 0.157. The molecule has 0 atom stereocenters. The molecular weight excluding hydrogens is 484 g/mol. The molecule has 0 aromatic heterocycles. The van der Waals surface area contributed by atoms with Crippen LogP contribution >= 0.6 is 12.2 Å². The topological polar surface area (TPSA) is 133 Å². The molecule has 0 spiro atoms. The van der Waals surface area contributed by atoms with Crippen LogP contribution in [0.4, 0.5) is 5.69 Å². The van der Waals surface area contributed by atoms with E-state index < -0.39 is 23.8 Å². The third kappa shape index (κ3) is 5.29. The molecule has 36 heavy (non-hydrogen) atoms. The summed E-state index contributed by atoms with van der Waals surface area (Å²) < 4.78 is 5.70. The molecule has 0 radical (unpaired) electrons. The second kappa shape index (κ2) is 10.2. The minimum atomic E-state index is -1.16. The second-order valence-electron chi connectivity index (χ2n) is 7.68. The van der Waals surface area contributed by atoms with Crippen molar-refractivity contribution in [2.75, 3.05) is 4.90 Å². The van der Waals surface area contributed by atoms with Crippen molar-refractivity contribution in [1.29, 1.82) is 0 Å². The quantitative estimate of drug-likeness (QED) is 0.254. The molecule has 1 saturated heterocycles. The van der Waals surface area contributed by atoms with E-state index in [1.165, 1.54) is 42.5 Å². The molecule has 0 aliphatic carbocycles. The summed E-state index contributed by atoms with van der Waals surface area (Å²) >= 11 is 5.15. The van der Waals surface area contributed by atoms with Gasteiger partial charge in [-0.1, -0.05) is 30.3 Å². The Bertz CT molecular complexity index is 1430. The first kappa shape index (κ1) is 24.3. The van der Waals surface area contributed by atoms with E-state index in [0.717, 1.165) is 4.90 Å². The van der Waals surface area contributed by atoms with Crippen molar-refractivity contribution in [3.63, 3.8) is 0 Å². The van der Waals surface area contributed by atoms with Crippen molar-refractivity contribution in [1.82, 2.24) is 5.32 Å². The number of carboxylic acids is 2. The molecule has 180 valence electrons.